The number of ether oxygens (including phenoxy) is 2. The van der Waals surface area contributed by atoms with Crippen molar-refractivity contribution in [2.75, 3.05) is 13.2 Å². The molecule has 0 bridgehead atoms. The van der Waals surface area contributed by atoms with Gasteiger partial charge in [0.25, 0.3) is 5.78 Å². The highest BCUT2D eigenvalue weighted by Crippen LogP contribution is 2.02. The summed E-state index contributed by atoms with van der Waals surface area (Å²) in [6.45, 7) is 4.89. The Bertz CT molecular complexity index is 290. The summed E-state index contributed by atoms with van der Waals surface area (Å²) in [5, 5.41) is 0. The second-order valence-corrected chi connectivity index (χ2v) is 2.47. The van der Waals surface area contributed by atoms with Gasteiger partial charge in [-0.3, -0.25) is 4.79 Å². The van der Waals surface area contributed by atoms with E-state index in [1.165, 1.54) is 13.0 Å². The Kier molecular flexibility index (Phi) is 6.01. The SMILES string of the molecule is CC=C(C(=O)OCC)C(=O)C(=O)OCC. The molecule has 0 saturated heterocycles. The van der Waals surface area contributed by atoms with Gasteiger partial charge in [0, 0.05) is 0 Å². The van der Waals surface area contributed by atoms with E-state index < -0.39 is 17.7 Å². The zero-order valence-electron chi connectivity index (χ0n) is 9.03. The van der Waals surface area contributed by atoms with E-state index in [9.17, 15) is 14.4 Å². The molecule has 0 aromatic rings. The molecule has 15 heavy (non-hydrogen) atoms. The molecule has 0 aliphatic carbocycles. The van der Waals surface area contributed by atoms with E-state index in [4.69, 9.17) is 0 Å². The van der Waals surface area contributed by atoms with Crippen molar-refractivity contribution in [3.8, 4) is 0 Å². The van der Waals surface area contributed by atoms with Crippen LogP contribution in [0.25, 0.3) is 0 Å². The summed E-state index contributed by atoms with van der Waals surface area (Å²) >= 11 is 0. The van der Waals surface area contributed by atoms with Gasteiger partial charge in [-0.1, -0.05) is 6.08 Å². The largest absolute Gasteiger partial charge is 0.462 e. The lowest BCUT2D eigenvalue weighted by molar-refractivity contribution is -0.153. The molecule has 5 heteroatoms. The van der Waals surface area contributed by atoms with Gasteiger partial charge in [-0.2, -0.15) is 0 Å². The van der Waals surface area contributed by atoms with Gasteiger partial charge in [-0.15, -0.1) is 0 Å². The summed E-state index contributed by atoms with van der Waals surface area (Å²) in [7, 11) is 0. The molecule has 0 fully saturated rings. The summed E-state index contributed by atoms with van der Waals surface area (Å²) in [6.07, 6.45) is 1.23. The molecule has 0 atom stereocenters. The van der Waals surface area contributed by atoms with E-state index in [1.54, 1.807) is 13.8 Å². The van der Waals surface area contributed by atoms with E-state index in [1.807, 2.05) is 0 Å². The first-order valence-corrected chi connectivity index (χ1v) is 4.63. The molecule has 0 rings (SSSR count). The van der Waals surface area contributed by atoms with Gasteiger partial charge in [0.15, 0.2) is 0 Å². The summed E-state index contributed by atoms with van der Waals surface area (Å²) in [5.41, 5.74) is -0.296. The molecule has 0 saturated carbocycles. The number of rotatable bonds is 5. The lowest BCUT2D eigenvalue weighted by Crippen LogP contribution is -2.25. The van der Waals surface area contributed by atoms with Crippen molar-refractivity contribution < 1.29 is 23.9 Å². The Morgan fingerprint density at radius 3 is 1.87 bits per heavy atom. The van der Waals surface area contributed by atoms with E-state index in [0.29, 0.717) is 0 Å². The van der Waals surface area contributed by atoms with Crippen molar-refractivity contribution in [2.24, 2.45) is 0 Å². The molecule has 0 aromatic carbocycles. The normalized spacial score (nSPS) is 10.7. The van der Waals surface area contributed by atoms with Gasteiger partial charge in [0.1, 0.15) is 5.57 Å². The standard InChI is InChI=1S/C10H14O5/c1-4-7(9(12)14-5-2)8(11)10(13)15-6-3/h4H,5-6H2,1-3H3. The Morgan fingerprint density at radius 1 is 1.00 bits per heavy atom. The molecule has 0 radical (unpaired) electrons. The van der Waals surface area contributed by atoms with Gasteiger partial charge in [0.05, 0.1) is 13.2 Å². The van der Waals surface area contributed by atoms with E-state index in [2.05, 4.69) is 9.47 Å². The van der Waals surface area contributed by atoms with Crippen LogP contribution < -0.4 is 0 Å². The van der Waals surface area contributed by atoms with Crippen LogP contribution in [0.3, 0.4) is 0 Å². The summed E-state index contributed by atoms with van der Waals surface area (Å²) in [6, 6.07) is 0. The lowest BCUT2D eigenvalue weighted by Gasteiger charge is -2.04. The first-order valence-electron chi connectivity index (χ1n) is 4.63. The lowest BCUT2D eigenvalue weighted by atomic mass is 10.1. The Morgan fingerprint density at radius 2 is 1.47 bits per heavy atom. The molecule has 0 spiro atoms. The highest BCUT2D eigenvalue weighted by molar-refractivity contribution is 6.46. The van der Waals surface area contributed by atoms with Crippen molar-refractivity contribution in [1.82, 2.24) is 0 Å². The third kappa shape index (κ3) is 3.93. The van der Waals surface area contributed by atoms with Crippen LogP contribution in [0, 0.1) is 0 Å². The smallest absolute Gasteiger partial charge is 0.379 e. The van der Waals surface area contributed by atoms with Gasteiger partial charge in [0.2, 0.25) is 0 Å². The molecule has 0 aliphatic rings. The summed E-state index contributed by atoms with van der Waals surface area (Å²) < 4.78 is 9.09. The fraction of sp³-hybridized carbons (Fsp3) is 0.500. The second-order valence-electron chi connectivity index (χ2n) is 2.47. The molecular weight excluding hydrogens is 200 g/mol. The van der Waals surface area contributed by atoms with Crippen molar-refractivity contribution in [3.63, 3.8) is 0 Å². The third-order valence-electron chi connectivity index (χ3n) is 1.49. The van der Waals surface area contributed by atoms with E-state index in [0.717, 1.165) is 0 Å². The zero-order valence-corrected chi connectivity index (χ0v) is 9.03. The van der Waals surface area contributed by atoms with Crippen LogP contribution in [0.15, 0.2) is 11.6 Å². The molecule has 0 aliphatic heterocycles. The van der Waals surface area contributed by atoms with Crippen LogP contribution in [0.1, 0.15) is 20.8 Å². The summed E-state index contributed by atoms with van der Waals surface area (Å²) in [4.78, 5) is 33.6. The predicted molar refractivity (Wildman–Crippen MR) is 52.0 cm³/mol. The van der Waals surface area contributed by atoms with Gasteiger partial charge < -0.3 is 9.47 Å². The number of hydrogen-bond acceptors (Lipinski definition) is 5. The van der Waals surface area contributed by atoms with Gasteiger partial charge >= 0.3 is 11.9 Å². The maximum atomic E-state index is 11.3. The Hall–Kier alpha value is -1.65. The van der Waals surface area contributed by atoms with Crippen LogP contribution in [-0.4, -0.2) is 30.9 Å². The third-order valence-corrected chi connectivity index (χ3v) is 1.49. The predicted octanol–water partition coefficient (Wildman–Crippen LogP) is 0.628. The van der Waals surface area contributed by atoms with Crippen LogP contribution in [0.5, 0.6) is 0 Å². The van der Waals surface area contributed by atoms with Crippen molar-refractivity contribution in [2.45, 2.75) is 20.8 Å². The van der Waals surface area contributed by atoms with Gasteiger partial charge in [-0.25, -0.2) is 9.59 Å². The van der Waals surface area contributed by atoms with Crippen LogP contribution in [-0.2, 0) is 23.9 Å². The summed E-state index contributed by atoms with van der Waals surface area (Å²) in [5.74, 6) is -2.82. The number of allylic oxidation sites excluding steroid dienone is 1. The molecular formula is C10H14O5. The maximum Gasteiger partial charge on any atom is 0.379 e. The van der Waals surface area contributed by atoms with Crippen molar-refractivity contribution in [3.05, 3.63) is 11.6 Å². The maximum absolute atomic E-state index is 11.3. The van der Waals surface area contributed by atoms with Crippen LogP contribution in [0.4, 0.5) is 0 Å². The average molecular weight is 214 g/mol. The first kappa shape index (κ1) is 13.4. The fourth-order valence-corrected chi connectivity index (χ4v) is 0.857. The molecule has 0 aromatic heterocycles. The number of hydrogen-bond donors (Lipinski definition) is 0. The monoisotopic (exact) mass is 214 g/mol. The molecule has 0 amide bonds. The molecule has 5 nitrogen and oxygen atoms in total. The highest BCUT2D eigenvalue weighted by Gasteiger charge is 2.26. The first-order chi connectivity index (χ1) is 7.08. The van der Waals surface area contributed by atoms with E-state index in [-0.39, 0.29) is 18.8 Å². The Labute approximate surface area is 88.0 Å². The Balaban J connectivity index is 4.63. The fourth-order valence-electron chi connectivity index (χ4n) is 0.857. The van der Waals surface area contributed by atoms with Gasteiger partial charge in [-0.05, 0) is 20.8 Å². The minimum absolute atomic E-state index is 0.0877. The van der Waals surface area contributed by atoms with Crippen molar-refractivity contribution >= 4 is 17.7 Å². The molecule has 84 valence electrons. The van der Waals surface area contributed by atoms with Crippen molar-refractivity contribution in [1.29, 1.82) is 0 Å². The zero-order chi connectivity index (χ0) is 11.8. The number of carbonyl (C=O) groups is 3. The number of ketones is 1. The minimum Gasteiger partial charge on any atom is -0.462 e. The topological polar surface area (TPSA) is 69.7 Å². The van der Waals surface area contributed by atoms with Crippen LogP contribution in [0.2, 0.25) is 0 Å². The average Bonchev–Trinajstić information content (AvgIpc) is 2.19. The molecule has 0 heterocycles. The molecule has 0 unspecified atom stereocenters. The van der Waals surface area contributed by atoms with E-state index >= 15 is 0 Å². The number of esters is 2. The number of carbonyl (C=O) groups excluding carboxylic acids is 3. The highest BCUT2D eigenvalue weighted by atomic mass is 16.5. The quantitative estimate of drug-likeness (QED) is 0.221. The molecule has 0 N–H and O–H groups in total. The minimum atomic E-state index is -1.04. The second kappa shape index (κ2) is 6.75. The number of Topliss-reactive ketones (excluding diaryl/α,β-unsaturated/α-hetero) is 1. The van der Waals surface area contributed by atoms with Crippen LogP contribution >= 0.6 is 0 Å².